The van der Waals surface area contributed by atoms with Crippen LogP contribution in [0.2, 0.25) is 0 Å². The molecule has 5 heteroatoms. The fourth-order valence-corrected chi connectivity index (χ4v) is 3.42. The molecular weight excluding hydrogens is 343 g/mol. The van der Waals surface area contributed by atoms with E-state index in [2.05, 4.69) is 28.9 Å². The standard InChI is InChI=1S/C22H29FN2O2/c1-2-3-18-4-10-22(11-5-18)27-17-21(26)16-24-12-14-25(15-13-24)20-8-6-19(23)7-9-20/h4-11,21,26H,2-3,12-17H2,1H3/t21-/m0/s1. The third-order valence-electron chi connectivity index (χ3n) is 4.94. The van der Waals surface area contributed by atoms with Crippen LogP contribution in [0.15, 0.2) is 48.5 Å². The number of aryl methyl sites for hydroxylation is 1. The maximum absolute atomic E-state index is 13.0. The van der Waals surface area contributed by atoms with Gasteiger partial charge in [-0.25, -0.2) is 4.39 Å². The predicted octanol–water partition coefficient (Wildman–Crippen LogP) is 3.34. The number of rotatable bonds is 8. The zero-order valence-electron chi connectivity index (χ0n) is 16.0. The van der Waals surface area contributed by atoms with Gasteiger partial charge in [0.05, 0.1) is 0 Å². The molecule has 1 aliphatic rings. The molecule has 1 aliphatic heterocycles. The number of anilines is 1. The molecule has 1 heterocycles. The number of piperazine rings is 1. The fraction of sp³-hybridized carbons (Fsp3) is 0.455. The summed E-state index contributed by atoms with van der Waals surface area (Å²) in [7, 11) is 0. The minimum atomic E-state index is -0.516. The molecule has 1 fully saturated rings. The molecule has 0 aliphatic carbocycles. The Labute approximate surface area is 161 Å². The van der Waals surface area contributed by atoms with Crippen molar-refractivity contribution in [2.75, 3.05) is 44.2 Å². The number of benzene rings is 2. The summed E-state index contributed by atoms with van der Waals surface area (Å²) < 4.78 is 18.8. The van der Waals surface area contributed by atoms with Crippen LogP contribution in [0.5, 0.6) is 5.75 Å². The first-order chi connectivity index (χ1) is 13.1. The molecule has 4 nitrogen and oxygen atoms in total. The van der Waals surface area contributed by atoms with Crippen LogP contribution in [0.25, 0.3) is 0 Å². The summed E-state index contributed by atoms with van der Waals surface area (Å²) in [6, 6.07) is 14.7. The Morgan fingerprint density at radius 1 is 1.00 bits per heavy atom. The average molecular weight is 372 g/mol. The van der Waals surface area contributed by atoms with E-state index in [0.717, 1.165) is 50.5 Å². The Kier molecular flexibility index (Phi) is 7.07. The highest BCUT2D eigenvalue weighted by atomic mass is 19.1. The third kappa shape index (κ3) is 5.94. The summed E-state index contributed by atoms with van der Waals surface area (Å²) in [5, 5.41) is 10.3. The molecule has 27 heavy (non-hydrogen) atoms. The molecule has 0 amide bonds. The summed E-state index contributed by atoms with van der Waals surface area (Å²) in [6.07, 6.45) is 1.69. The van der Waals surface area contributed by atoms with Crippen molar-refractivity contribution in [1.82, 2.24) is 4.90 Å². The second kappa shape index (κ2) is 9.72. The first kappa shape index (κ1) is 19.6. The smallest absolute Gasteiger partial charge is 0.123 e. The predicted molar refractivity (Wildman–Crippen MR) is 107 cm³/mol. The fourth-order valence-electron chi connectivity index (χ4n) is 3.42. The van der Waals surface area contributed by atoms with Crippen LogP contribution in [-0.4, -0.2) is 55.4 Å². The zero-order valence-corrected chi connectivity index (χ0v) is 16.0. The minimum absolute atomic E-state index is 0.208. The van der Waals surface area contributed by atoms with E-state index in [1.807, 2.05) is 24.3 Å². The molecule has 1 N–H and O–H groups in total. The van der Waals surface area contributed by atoms with Gasteiger partial charge in [0, 0.05) is 38.4 Å². The first-order valence-electron chi connectivity index (χ1n) is 9.76. The number of hydrogen-bond acceptors (Lipinski definition) is 4. The Hall–Kier alpha value is -2.11. The quantitative estimate of drug-likeness (QED) is 0.771. The van der Waals surface area contributed by atoms with Crippen LogP contribution in [0.1, 0.15) is 18.9 Å². The minimum Gasteiger partial charge on any atom is -0.491 e. The van der Waals surface area contributed by atoms with Gasteiger partial charge in [-0.1, -0.05) is 25.5 Å². The van der Waals surface area contributed by atoms with E-state index in [4.69, 9.17) is 4.74 Å². The Bertz CT molecular complexity index is 682. The van der Waals surface area contributed by atoms with Gasteiger partial charge in [0.15, 0.2) is 0 Å². The molecule has 0 saturated carbocycles. The second-order valence-corrected chi connectivity index (χ2v) is 7.12. The number of aliphatic hydroxyl groups excluding tert-OH is 1. The van der Waals surface area contributed by atoms with E-state index in [-0.39, 0.29) is 5.82 Å². The van der Waals surface area contributed by atoms with Crippen molar-refractivity contribution in [3.8, 4) is 5.75 Å². The van der Waals surface area contributed by atoms with Crippen molar-refractivity contribution < 1.29 is 14.2 Å². The summed E-state index contributed by atoms with van der Waals surface area (Å²) in [6.45, 7) is 6.56. The Balaban J connectivity index is 1.38. The van der Waals surface area contributed by atoms with Gasteiger partial charge in [-0.15, -0.1) is 0 Å². The average Bonchev–Trinajstić information content (AvgIpc) is 2.69. The van der Waals surface area contributed by atoms with Crippen LogP contribution in [-0.2, 0) is 6.42 Å². The Morgan fingerprint density at radius 3 is 2.30 bits per heavy atom. The summed E-state index contributed by atoms with van der Waals surface area (Å²) in [4.78, 5) is 4.50. The number of hydrogen-bond donors (Lipinski definition) is 1. The van der Waals surface area contributed by atoms with Crippen molar-refractivity contribution in [2.45, 2.75) is 25.9 Å². The summed E-state index contributed by atoms with van der Waals surface area (Å²) in [5.41, 5.74) is 2.36. The molecule has 2 aromatic rings. The number of aliphatic hydroxyl groups is 1. The number of nitrogens with zero attached hydrogens (tertiary/aromatic N) is 2. The van der Waals surface area contributed by atoms with Gasteiger partial charge >= 0.3 is 0 Å². The van der Waals surface area contributed by atoms with Crippen LogP contribution >= 0.6 is 0 Å². The normalized spacial score (nSPS) is 16.3. The highest BCUT2D eigenvalue weighted by Crippen LogP contribution is 2.17. The number of β-amino-alcohol motifs (C(OH)–C–C–N with tert-alkyl or cyclic N) is 1. The molecule has 1 saturated heterocycles. The van der Waals surface area contributed by atoms with Crippen LogP contribution in [0.3, 0.4) is 0 Å². The van der Waals surface area contributed by atoms with Gasteiger partial charge in [-0.3, -0.25) is 4.90 Å². The lowest BCUT2D eigenvalue weighted by Gasteiger charge is -2.36. The highest BCUT2D eigenvalue weighted by Gasteiger charge is 2.19. The van der Waals surface area contributed by atoms with Crippen LogP contribution in [0, 0.1) is 5.82 Å². The lowest BCUT2D eigenvalue weighted by molar-refractivity contribution is 0.0663. The maximum atomic E-state index is 13.0. The van der Waals surface area contributed by atoms with E-state index in [9.17, 15) is 9.50 Å². The Morgan fingerprint density at radius 2 is 1.67 bits per heavy atom. The lowest BCUT2D eigenvalue weighted by atomic mass is 10.1. The van der Waals surface area contributed by atoms with Crippen molar-refractivity contribution in [3.63, 3.8) is 0 Å². The van der Waals surface area contributed by atoms with Crippen molar-refractivity contribution in [2.24, 2.45) is 0 Å². The molecule has 2 aromatic carbocycles. The van der Waals surface area contributed by atoms with Gasteiger partial charge in [-0.2, -0.15) is 0 Å². The van der Waals surface area contributed by atoms with E-state index in [1.54, 1.807) is 0 Å². The van der Waals surface area contributed by atoms with Crippen molar-refractivity contribution in [3.05, 3.63) is 59.9 Å². The van der Waals surface area contributed by atoms with Gasteiger partial charge in [-0.05, 0) is 48.4 Å². The van der Waals surface area contributed by atoms with Gasteiger partial charge < -0.3 is 14.7 Å². The SMILES string of the molecule is CCCc1ccc(OC[C@@H](O)CN2CCN(c3ccc(F)cc3)CC2)cc1. The molecule has 0 bridgehead atoms. The molecule has 0 unspecified atom stereocenters. The van der Waals surface area contributed by atoms with Crippen LogP contribution < -0.4 is 9.64 Å². The van der Waals surface area contributed by atoms with E-state index in [1.165, 1.54) is 17.7 Å². The molecule has 0 aromatic heterocycles. The van der Waals surface area contributed by atoms with Gasteiger partial charge in [0.25, 0.3) is 0 Å². The van der Waals surface area contributed by atoms with Crippen molar-refractivity contribution >= 4 is 5.69 Å². The topological polar surface area (TPSA) is 35.9 Å². The lowest BCUT2D eigenvalue weighted by Crippen LogP contribution is -2.49. The van der Waals surface area contributed by atoms with E-state index >= 15 is 0 Å². The van der Waals surface area contributed by atoms with Crippen molar-refractivity contribution in [1.29, 1.82) is 0 Å². The number of halogens is 1. The second-order valence-electron chi connectivity index (χ2n) is 7.12. The summed E-state index contributed by atoms with van der Waals surface area (Å²) >= 11 is 0. The summed E-state index contributed by atoms with van der Waals surface area (Å²) in [5.74, 6) is 0.593. The molecule has 1 atom stereocenters. The molecule has 0 spiro atoms. The largest absolute Gasteiger partial charge is 0.491 e. The maximum Gasteiger partial charge on any atom is 0.123 e. The number of ether oxygens (including phenoxy) is 1. The van der Waals surface area contributed by atoms with E-state index < -0.39 is 6.10 Å². The molecular formula is C22H29FN2O2. The molecule has 0 radical (unpaired) electrons. The third-order valence-corrected chi connectivity index (χ3v) is 4.94. The first-order valence-corrected chi connectivity index (χ1v) is 9.76. The van der Waals surface area contributed by atoms with Gasteiger partial charge in [0.1, 0.15) is 24.3 Å². The highest BCUT2D eigenvalue weighted by molar-refractivity contribution is 5.46. The van der Waals surface area contributed by atoms with E-state index in [0.29, 0.717) is 13.2 Å². The van der Waals surface area contributed by atoms with Crippen LogP contribution in [0.4, 0.5) is 10.1 Å². The monoisotopic (exact) mass is 372 g/mol. The zero-order chi connectivity index (χ0) is 19.1. The molecule has 3 rings (SSSR count). The van der Waals surface area contributed by atoms with Gasteiger partial charge in [0.2, 0.25) is 0 Å². The molecule has 146 valence electrons.